The number of hydrogen-bond acceptors (Lipinski definition) is 2. The Balaban J connectivity index is 0.00000162. The molecule has 5 heteroatoms. The normalized spacial score (nSPS) is 13.2. The van der Waals surface area contributed by atoms with Crippen molar-refractivity contribution >= 4 is 39.2 Å². The Morgan fingerprint density at radius 2 is 1.56 bits per heavy atom. The molecule has 0 amide bonds. The van der Waals surface area contributed by atoms with E-state index >= 15 is 0 Å². The van der Waals surface area contributed by atoms with Gasteiger partial charge in [-0.1, -0.05) is 28.1 Å². The highest BCUT2D eigenvalue weighted by molar-refractivity contribution is 9.10. The topological polar surface area (TPSA) is 30.0 Å². The molecule has 0 N–H and O–H groups in total. The van der Waals surface area contributed by atoms with E-state index < -0.39 is 4.32 Å². The van der Waals surface area contributed by atoms with Crippen molar-refractivity contribution in [2.24, 2.45) is 0 Å². The lowest BCUT2D eigenvalue weighted by Crippen LogP contribution is -2.21. The number of rotatable bonds is 3. The maximum atomic E-state index is 12.9. The highest BCUT2D eigenvalue weighted by atomic mass is 79.9. The lowest BCUT2D eigenvalue weighted by molar-refractivity contribution is -0.109. The van der Waals surface area contributed by atoms with Crippen molar-refractivity contribution in [1.82, 2.24) is 4.98 Å². The molecule has 0 spiro atoms. The molecule has 2 nitrogen and oxygen atoms in total. The quantitative estimate of drug-likeness (QED) is 0.606. The Morgan fingerprint density at radius 3 is 2.06 bits per heavy atom. The van der Waals surface area contributed by atoms with E-state index in [2.05, 4.69) is 20.9 Å². The van der Waals surface area contributed by atoms with Gasteiger partial charge in [-0.3, -0.25) is 4.98 Å². The molecule has 94 valence electrons. The van der Waals surface area contributed by atoms with Crippen molar-refractivity contribution in [2.75, 3.05) is 0 Å². The third-order valence-electron chi connectivity index (χ3n) is 2.53. The number of aldehydes is 1. The molecular weight excluding hydrogens is 365 g/mol. The third-order valence-corrected chi connectivity index (χ3v) is 3.63. The predicted octanol–water partition coefficient (Wildman–Crippen LogP) is 3.64. The van der Waals surface area contributed by atoms with Crippen molar-refractivity contribution in [2.45, 2.75) is 4.32 Å². The van der Waals surface area contributed by atoms with Gasteiger partial charge in [0.1, 0.15) is 16.4 Å². The monoisotopic (exact) mass is 373 g/mol. The van der Waals surface area contributed by atoms with Gasteiger partial charge in [-0.25, -0.2) is 4.39 Å². The van der Waals surface area contributed by atoms with E-state index in [1.807, 2.05) is 0 Å². The van der Waals surface area contributed by atoms with Gasteiger partial charge in [0, 0.05) is 12.4 Å². The summed E-state index contributed by atoms with van der Waals surface area (Å²) >= 11 is 3.41. The molecule has 0 saturated heterocycles. The molecule has 1 heterocycles. The fourth-order valence-corrected chi connectivity index (χ4v) is 2.12. The molecule has 0 saturated carbocycles. The van der Waals surface area contributed by atoms with Crippen LogP contribution in [0.1, 0.15) is 11.1 Å². The SMILES string of the molecule is Br.O=CC(Br)(c1ccncc1)c1ccc(F)cc1. The van der Waals surface area contributed by atoms with Gasteiger partial charge in [0.15, 0.2) is 0 Å². The molecule has 0 bridgehead atoms. The predicted molar refractivity (Wildman–Crippen MR) is 76.7 cm³/mol. The molecule has 1 unspecified atom stereocenters. The molecule has 1 aromatic heterocycles. The fourth-order valence-electron chi connectivity index (χ4n) is 1.59. The van der Waals surface area contributed by atoms with Crippen LogP contribution in [0, 0.1) is 5.82 Å². The highest BCUT2D eigenvalue weighted by Crippen LogP contribution is 2.36. The van der Waals surface area contributed by atoms with Gasteiger partial charge < -0.3 is 4.79 Å². The van der Waals surface area contributed by atoms with Crippen LogP contribution in [0.2, 0.25) is 0 Å². The van der Waals surface area contributed by atoms with E-state index in [9.17, 15) is 9.18 Å². The standard InChI is InChI=1S/C13H9BrFNO.BrH/c14-13(9-17,11-5-7-16-8-6-11)10-1-3-12(15)4-2-10;/h1-9H;1H. The Hall–Kier alpha value is -1.07. The van der Waals surface area contributed by atoms with Crippen molar-refractivity contribution in [3.63, 3.8) is 0 Å². The van der Waals surface area contributed by atoms with Crippen molar-refractivity contribution in [3.8, 4) is 0 Å². The molecule has 0 radical (unpaired) electrons. The number of carbonyl (C=O) groups excluding carboxylic acids is 1. The second-order valence-electron chi connectivity index (χ2n) is 3.57. The van der Waals surface area contributed by atoms with E-state index in [1.54, 1.807) is 36.7 Å². The molecular formula is C13H10Br2FNO. The lowest BCUT2D eigenvalue weighted by atomic mass is 9.93. The zero-order valence-corrected chi connectivity index (χ0v) is 12.5. The van der Waals surface area contributed by atoms with E-state index in [0.717, 1.165) is 11.8 Å². The molecule has 0 aliphatic carbocycles. The highest BCUT2D eigenvalue weighted by Gasteiger charge is 2.30. The summed E-state index contributed by atoms with van der Waals surface area (Å²) in [5.74, 6) is -0.329. The number of pyridine rings is 1. The maximum absolute atomic E-state index is 12.9. The van der Waals surface area contributed by atoms with Crippen LogP contribution in [-0.4, -0.2) is 11.3 Å². The first-order valence-electron chi connectivity index (χ1n) is 4.98. The maximum Gasteiger partial charge on any atom is 0.145 e. The van der Waals surface area contributed by atoms with Crippen LogP contribution in [0.15, 0.2) is 48.8 Å². The van der Waals surface area contributed by atoms with Crippen LogP contribution in [0.3, 0.4) is 0 Å². The molecule has 2 rings (SSSR count). The Kier molecular flexibility index (Phi) is 5.16. The van der Waals surface area contributed by atoms with Crippen LogP contribution >= 0.6 is 32.9 Å². The minimum absolute atomic E-state index is 0. The second kappa shape index (κ2) is 6.20. The van der Waals surface area contributed by atoms with Gasteiger partial charge in [0.25, 0.3) is 0 Å². The number of nitrogens with zero attached hydrogens (tertiary/aromatic N) is 1. The Labute approximate surface area is 123 Å². The van der Waals surface area contributed by atoms with Crippen molar-refractivity contribution in [3.05, 3.63) is 65.7 Å². The first kappa shape index (κ1) is 15.0. The first-order valence-corrected chi connectivity index (χ1v) is 5.78. The summed E-state index contributed by atoms with van der Waals surface area (Å²) in [4.78, 5) is 15.3. The van der Waals surface area contributed by atoms with E-state index in [4.69, 9.17) is 0 Å². The largest absolute Gasteiger partial charge is 0.301 e. The van der Waals surface area contributed by atoms with Gasteiger partial charge in [0.2, 0.25) is 0 Å². The summed E-state index contributed by atoms with van der Waals surface area (Å²) < 4.78 is 11.9. The van der Waals surface area contributed by atoms with Crippen molar-refractivity contribution in [1.29, 1.82) is 0 Å². The zero-order chi connectivity index (χ0) is 12.3. The number of benzene rings is 1. The van der Waals surface area contributed by atoms with Gasteiger partial charge >= 0.3 is 0 Å². The Morgan fingerprint density at radius 1 is 1.06 bits per heavy atom. The molecule has 18 heavy (non-hydrogen) atoms. The summed E-state index contributed by atoms with van der Waals surface area (Å²) in [6.45, 7) is 0. The average molecular weight is 375 g/mol. The van der Waals surface area contributed by atoms with Crippen LogP contribution in [0.4, 0.5) is 4.39 Å². The number of hydrogen-bond donors (Lipinski definition) is 0. The van der Waals surface area contributed by atoms with Crippen LogP contribution in [-0.2, 0) is 9.12 Å². The summed E-state index contributed by atoms with van der Waals surface area (Å²) in [5, 5.41) is 0. The number of aromatic nitrogens is 1. The third kappa shape index (κ3) is 2.84. The summed E-state index contributed by atoms with van der Waals surface area (Å²) in [6.07, 6.45) is 4.01. The molecule has 0 aliphatic rings. The van der Waals surface area contributed by atoms with E-state index in [-0.39, 0.29) is 22.8 Å². The van der Waals surface area contributed by atoms with Crippen LogP contribution < -0.4 is 0 Å². The molecule has 1 aromatic carbocycles. The smallest absolute Gasteiger partial charge is 0.145 e. The minimum Gasteiger partial charge on any atom is -0.301 e. The molecule has 0 aliphatic heterocycles. The summed E-state index contributed by atoms with van der Waals surface area (Å²) in [7, 11) is 0. The van der Waals surface area contributed by atoms with Gasteiger partial charge in [-0.05, 0) is 35.4 Å². The number of alkyl halides is 1. The second-order valence-corrected chi connectivity index (χ2v) is 4.82. The fraction of sp³-hybridized carbons (Fsp3) is 0.0769. The number of carbonyl (C=O) groups is 1. The lowest BCUT2D eigenvalue weighted by Gasteiger charge is -2.21. The van der Waals surface area contributed by atoms with Crippen LogP contribution in [0.5, 0.6) is 0 Å². The first-order chi connectivity index (χ1) is 8.16. The summed E-state index contributed by atoms with van der Waals surface area (Å²) in [6, 6.07) is 9.31. The van der Waals surface area contributed by atoms with Crippen molar-refractivity contribution < 1.29 is 9.18 Å². The summed E-state index contributed by atoms with van der Waals surface area (Å²) in [5.41, 5.74) is 1.44. The van der Waals surface area contributed by atoms with Crippen LogP contribution in [0.25, 0.3) is 0 Å². The molecule has 0 fully saturated rings. The van der Waals surface area contributed by atoms with E-state index in [1.165, 1.54) is 12.1 Å². The number of halogens is 3. The Bertz CT molecular complexity index is 518. The van der Waals surface area contributed by atoms with Gasteiger partial charge in [0.05, 0.1) is 0 Å². The van der Waals surface area contributed by atoms with E-state index in [0.29, 0.717) is 5.56 Å². The molecule has 1 atom stereocenters. The average Bonchev–Trinajstić information content (AvgIpc) is 2.40. The van der Waals surface area contributed by atoms with Gasteiger partial charge in [-0.15, -0.1) is 17.0 Å². The molecule has 2 aromatic rings. The zero-order valence-electron chi connectivity index (χ0n) is 9.22. The minimum atomic E-state index is -0.955. The van der Waals surface area contributed by atoms with Gasteiger partial charge in [-0.2, -0.15) is 0 Å².